The number of carbonyl (C=O) groups excluding carboxylic acids is 1. The minimum absolute atomic E-state index is 0.258. The molecule has 0 bridgehead atoms. The largest absolute Gasteiger partial charge is 0.496 e. The highest BCUT2D eigenvalue weighted by molar-refractivity contribution is 5.92. The van der Waals surface area contributed by atoms with Crippen molar-refractivity contribution < 1.29 is 19.0 Å². The number of para-hydroxylation sites is 1. The van der Waals surface area contributed by atoms with E-state index in [9.17, 15) is 4.79 Å². The van der Waals surface area contributed by atoms with E-state index in [1.165, 1.54) is 6.08 Å². The SMILES string of the molecule is CCOc1ccc(/C=C/C(=O)NC(c2ccccc2OC)c2nccn2C)cc1OC. The van der Waals surface area contributed by atoms with E-state index in [-0.39, 0.29) is 5.91 Å². The van der Waals surface area contributed by atoms with Crippen LogP contribution in [0.2, 0.25) is 0 Å². The van der Waals surface area contributed by atoms with E-state index in [4.69, 9.17) is 14.2 Å². The lowest BCUT2D eigenvalue weighted by molar-refractivity contribution is -0.117. The average Bonchev–Trinajstić information content (AvgIpc) is 3.22. The summed E-state index contributed by atoms with van der Waals surface area (Å²) < 4.78 is 18.3. The van der Waals surface area contributed by atoms with Crippen LogP contribution in [0.25, 0.3) is 6.08 Å². The summed E-state index contributed by atoms with van der Waals surface area (Å²) in [5.41, 5.74) is 1.64. The van der Waals surface area contributed by atoms with Crippen molar-refractivity contribution in [3.63, 3.8) is 0 Å². The Morgan fingerprint density at radius 1 is 1.13 bits per heavy atom. The Morgan fingerprint density at radius 3 is 2.58 bits per heavy atom. The fourth-order valence-corrected chi connectivity index (χ4v) is 3.27. The summed E-state index contributed by atoms with van der Waals surface area (Å²) in [6.45, 7) is 2.46. The van der Waals surface area contributed by atoms with Crippen LogP contribution in [0.5, 0.6) is 17.2 Å². The first-order valence-corrected chi connectivity index (χ1v) is 9.97. The molecular formula is C24H27N3O4. The highest BCUT2D eigenvalue weighted by Gasteiger charge is 2.23. The average molecular weight is 421 g/mol. The van der Waals surface area contributed by atoms with Gasteiger partial charge in [-0.2, -0.15) is 0 Å². The van der Waals surface area contributed by atoms with Gasteiger partial charge in [0.25, 0.3) is 0 Å². The van der Waals surface area contributed by atoms with E-state index >= 15 is 0 Å². The van der Waals surface area contributed by atoms with Gasteiger partial charge in [0.1, 0.15) is 17.6 Å². The molecule has 1 N–H and O–H groups in total. The van der Waals surface area contributed by atoms with Crippen LogP contribution < -0.4 is 19.5 Å². The number of amides is 1. The summed E-state index contributed by atoms with van der Waals surface area (Å²) in [4.78, 5) is 17.2. The minimum atomic E-state index is -0.469. The second-order valence-corrected chi connectivity index (χ2v) is 6.76. The quantitative estimate of drug-likeness (QED) is 0.533. The number of methoxy groups -OCH3 is 2. The van der Waals surface area contributed by atoms with Gasteiger partial charge in [-0.05, 0) is 36.8 Å². The van der Waals surface area contributed by atoms with Crippen molar-refractivity contribution in [3.05, 3.63) is 77.9 Å². The fraction of sp³-hybridized carbons (Fsp3) is 0.250. The number of nitrogens with one attached hydrogen (secondary N) is 1. The van der Waals surface area contributed by atoms with Crippen molar-refractivity contribution in [3.8, 4) is 17.2 Å². The number of imidazole rings is 1. The molecule has 1 unspecified atom stereocenters. The van der Waals surface area contributed by atoms with E-state index in [1.54, 1.807) is 26.5 Å². The number of hydrogen-bond donors (Lipinski definition) is 1. The molecular weight excluding hydrogens is 394 g/mol. The molecule has 7 heteroatoms. The van der Waals surface area contributed by atoms with Crippen LogP contribution >= 0.6 is 0 Å². The second-order valence-electron chi connectivity index (χ2n) is 6.76. The van der Waals surface area contributed by atoms with Crippen LogP contribution in [0.1, 0.15) is 29.9 Å². The van der Waals surface area contributed by atoms with Gasteiger partial charge in [0.15, 0.2) is 11.5 Å². The first-order chi connectivity index (χ1) is 15.1. The van der Waals surface area contributed by atoms with Gasteiger partial charge >= 0.3 is 0 Å². The fourth-order valence-electron chi connectivity index (χ4n) is 3.27. The van der Waals surface area contributed by atoms with Crippen molar-refractivity contribution >= 4 is 12.0 Å². The van der Waals surface area contributed by atoms with Crippen LogP contribution in [0, 0.1) is 0 Å². The molecule has 0 aliphatic heterocycles. The van der Waals surface area contributed by atoms with Crippen LogP contribution in [0.15, 0.2) is 60.9 Å². The van der Waals surface area contributed by atoms with Gasteiger partial charge < -0.3 is 24.1 Å². The maximum Gasteiger partial charge on any atom is 0.244 e. The first kappa shape index (κ1) is 22.0. The Bertz CT molecular complexity index is 1060. The standard InChI is InChI=1S/C24H27N3O4/c1-5-31-20-12-10-17(16-21(20)30-4)11-13-22(28)26-23(24-25-14-15-27(24)2)18-8-6-7-9-19(18)29-3/h6-16,23H,5H2,1-4H3,(H,26,28)/b13-11+. The Hall–Kier alpha value is -3.74. The van der Waals surface area contributed by atoms with Crippen molar-refractivity contribution in [1.82, 2.24) is 14.9 Å². The molecule has 0 aliphatic rings. The Morgan fingerprint density at radius 2 is 1.90 bits per heavy atom. The minimum Gasteiger partial charge on any atom is -0.496 e. The zero-order valence-corrected chi connectivity index (χ0v) is 18.2. The molecule has 1 atom stereocenters. The van der Waals surface area contributed by atoms with Gasteiger partial charge in [0.2, 0.25) is 5.91 Å². The lowest BCUT2D eigenvalue weighted by Gasteiger charge is -2.20. The molecule has 7 nitrogen and oxygen atoms in total. The molecule has 0 aliphatic carbocycles. The van der Waals surface area contributed by atoms with Gasteiger partial charge in [-0.25, -0.2) is 4.98 Å². The van der Waals surface area contributed by atoms with E-state index < -0.39 is 6.04 Å². The summed E-state index contributed by atoms with van der Waals surface area (Å²) in [6.07, 6.45) is 6.75. The predicted octanol–water partition coefficient (Wildman–Crippen LogP) is 3.76. The molecule has 0 radical (unpaired) electrons. The molecule has 1 heterocycles. The maximum absolute atomic E-state index is 12.8. The molecule has 3 rings (SSSR count). The molecule has 162 valence electrons. The Labute approximate surface area is 182 Å². The molecule has 0 saturated carbocycles. The number of hydrogen-bond acceptors (Lipinski definition) is 5. The number of rotatable bonds is 9. The number of aryl methyl sites for hydroxylation is 1. The van der Waals surface area contributed by atoms with Crippen molar-refractivity contribution in [2.75, 3.05) is 20.8 Å². The third-order valence-electron chi connectivity index (χ3n) is 4.77. The summed E-state index contributed by atoms with van der Waals surface area (Å²) in [5.74, 6) is 2.40. The molecule has 0 fully saturated rings. The van der Waals surface area contributed by atoms with E-state index in [1.807, 2.05) is 67.2 Å². The normalized spacial score (nSPS) is 11.9. The topological polar surface area (TPSA) is 74.6 Å². The van der Waals surface area contributed by atoms with Crippen molar-refractivity contribution in [2.24, 2.45) is 7.05 Å². The highest BCUT2D eigenvalue weighted by atomic mass is 16.5. The molecule has 1 amide bonds. The Balaban J connectivity index is 1.84. The van der Waals surface area contributed by atoms with Gasteiger partial charge in [-0.1, -0.05) is 24.3 Å². The van der Waals surface area contributed by atoms with Crippen molar-refractivity contribution in [1.29, 1.82) is 0 Å². The third kappa shape index (κ3) is 5.25. The summed E-state index contributed by atoms with van der Waals surface area (Å²) in [5, 5.41) is 3.04. The first-order valence-electron chi connectivity index (χ1n) is 9.97. The van der Waals surface area contributed by atoms with Gasteiger partial charge in [-0.15, -0.1) is 0 Å². The predicted molar refractivity (Wildman–Crippen MR) is 119 cm³/mol. The molecule has 0 saturated heterocycles. The van der Waals surface area contributed by atoms with Crippen molar-refractivity contribution in [2.45, 2.75) is 13.0 Å². The maximum atomic E-state index is 12.8. The number of benzene rings is 2. The van der Waals surface area contributed by atoms with Crippen LogP contribution in [0.3, 0.4) is 0 Å². The van der Waals surface area contributed by atoms with E-state index in [0.29, 0.717) is 29.7 Å². The summed E-state index contributed by atoms with van der Waals surface area (Å²) >= 11 is 0. The smallest absolute Gasteiger partial charge is 0.244 e. The third-order valence-corrected chi connectivity index (χ3v) is 4.77. The molecule has 1 aromatic heterocycles. The van der Waals surface area contributed by atoms with Gasteiger partial charge in [-0.3, -0.25) is 4.79 Å². The Kier molecular flexibility index (Phi) is 7.32. The number of carbonyl (C=O) groups is 1. The molecule has 0 spiro atoms. The molecule has 31 heavy (non-hydrogen) atoms. The van der Waals surface area contributed by atoms with Crippen LogP contribution in [-0.4, -0.2) is 36.3 Å². The highest BCUT2D eigenvalue weighted by Crippen LogP contribution is 2.30. The van der Waals surface area contributed by atoms with Gasteiger partial charge in [0.05, 0.1) is 20.8 Å². The molecule has 2 aromatic carbocycles. The second kappa shape index (κ2) is 10.3. The van der Waals surface area contributed by atoms with Gasteiger partial charge in [0, 0.05) is 31.1 Å². The lowest BCUT2D eigenvalue weighted by Crippen LogP contribution is -2.30. The number of nitrogens with zero attached hydrogens (tertiary/aromatic N) is 2. The summed E-state index contributed by atoms with van der Waals surface area (Å²) in [7, 11) is 5.08. The zero-order chi connectivity index (χ0) is 22.2. The number of aromatic nitrogens is 2. The van der Waals surface area contributed by atoms with Crippen LogP contribution in [0.4, 0.5) is 0 Å². The zero-order valence-electron chi connectivity index (χ0n) is 18.2. The lowest BCUT2D eigenvalue weighted by atomic mass is 10.0. The number of ether oxygens (including phenoxy) is 3. The molecule has 3 aromatic rings. The van der Waals surface area contributed by atoms with Crippen LogP contribution in [-0.2, 0) is 11.8 Å². The summed E-state index contributed by atoms with van der Waals surface area (Å²) in [6, 6.07) is 12.6. The van der Waals surface area contributed by atoms with E-state index in [0.717, 1.165) is 11.1 Å². The van der Waals surface area contributed by atoms with E-state index in [2.05, 4.69) is 10.3 Å². The monoisotopic (exact) mass is 421 g/mol.